The van der Waals surface area contributed by atoms with Gasteiger partial charge in [0, 0.05) is 18.6 Å². The molecule has 7 nitrogen and oxygen atoms in total. The number of hydrogen-bond acceptors (Lipinski definition) is 5. The third kappa shape index (κ3) is 3.31. The highest BCUT2D eigenvalue weighted by molar-refractivity contribution is 5.85. The SMILES string of the molecule is COc1cncc(C(NC(=O)C2(Cn3cccn3)CC2)C2CC(O)C2)c1. The summed E-state index contributed by atoms with van der Waals surface area (Å²) in [7, 11) is 1.60. The van der Waals surface area contributed by atoms with Gasteiger partial charge in [-0.3, -0.25) is 14.5 Å². The lowest BCUT2D eigenvalue weighted by atomic mass is 9.75. The van der Waals surface area contributed by atoms with Crippen LogP contribution in [0.15, 0.2) is 36.9 Å². The molecule has 1 unspecified atom stereocenters. The standard InChI is InChI=1S/C19H24N4O3/c1-26-16-9-14(10-20-11-16)17(13-7-15(24)8-13)22-18(25)19(3-4-19)12-23-6-2-5-21-23/h2,5-6,9-11,13,15,17,24H,3-4,7-8,12H2,1H3,(H,22,25). The predicted octanol–water partition coefficient (Wildman–Crippen LogP) is 1.70. The number of ether oxygens (including phenoxy) is 1. The van der Waals surface area contributed by atoms with Gasteiger partial charge in [0.05, 0.1) is 37.4 Å². The molecule has 2 aromatic heterocycles. The number of rotatable bonds is 7. The first kappa shape index (κ1) is 17.0. The summed E-state index contributed by atoms with van der Waals surface area (Å²) >= 11 is 0. The van der Waals surface area contributed by atoms with Crippen molar-refractivity contribution in [3.63, 3.8) is 0 Å². The van der Waals surface area contributed by atoms with Gasteiger partial charge >= 0.3 is 0 Å². The Bertz CT molecular complexity index is 767. The number of nitrogens with one attached hydrogen (secondary N) is 1. The summed E-state index contributed by atoms with van der Waals surface area (Å²) in [4.78, 5) is 17.3. The number of carbonyl (C=O) groups excluding carboxylic acids is 1. The largest absolute Gasteiger partial charge is 0.495 e. The fourth-order valence-electron chi connectivity index (χ4n) is 3.70. The molecule has 1 atom stereocenters. The molecule has 26 heavy (non-hydrogen) atoms. The van der Waals surface area contributed by atoms with Crippen LogP contribution in [0.1, 0.15) is 37.3 Å². The van der Waals surface area contributed by atoms with Gasteiger partial charge in [-0.2, -0.15) is 5.10 Å². The second kappa shape index (κ2) is 6.72. The average molecular weight is 356 g/mol. The Labute approximate surface area is 152 Å². The lowest BCUT2D eigenvalue weighted by Gasteiger charge is -2.38. The van der Waals surface area contributed by atoms with Gasteiger partial charge in [0.25, 0.3) is 0 Å². The van der Waals surface area contributed by atoms with Gasteiger partial charge in [0.2, 0.25) is 5.91 Å². The Balaban J connectivity index is 1.52. The fourth-order valence-corrected chi connectivity index (χ4v) is 3.70. The normalized spacial score (nSPS) is 24.4. The van der Waals surface area contributed by atoms with Crippen molar-refractivity contribution in [1.82, 2.24) is 20.1 Å². The number of pyridine rings is 1. The molecule has 0 aromatic carbocycles. The van der Waals surface area contributed by atoms with E-state index in [2.05, 4.69) is 15.4 Å². The Morgan fingerprint density at radius 2 is 2.27 bits per heavy atom. The van der Waals surface area contributed by atoms with E-state index in [4.69, 9.17) is 4.74 Å². The van der Waals surface area contributed by atoms with Crippen LogP contribution in [0, 0.1) is 11.3 Å². The average Bonchev–Trinajstić information content (AvgIpc) is 3.23. The number of aliphatic hydroxyl groups excluding tert-OH is 1. The van der Waals surface area contributed by atoms with E-state index in [-0.39, 0.29) is 29.4 Å². The number of aromatic nitrogens is 3. The van der Waals surface area contributed by atoms with Crippen LogP contribution >= 0.6 is 0 Å². The Kier molecular flexibility index (Phi) is 4.40. The summed E-state index contributed by atoms with van der Waals surface area (Å²) in [6.45, 7) is 0.599. The second-order valence-corrected chi connectivity index (χ2v) is 7.48. The Morgan fingerprint density at radius 3 is 2.88 bits per heavy atom. The van der Waals surface area contributed by atoms with Gasteiger partial charge in [-0.1, -0.05) is 0 Å². The van der Waals surface area contributed by atoms with E-state index in [0.29, 0.717) is 25.1 Å². The van der Waals surface area contributed by atoms with Crippen LogP contribution < -0.4 is 10.1 Å². The van der Waals surface area contributed by atoms with Crippen LogP contribution in [0.2, 0.25) is 0 Å². The highest BCUT2D eigenvalue weighted by Gasteiger charge is 2.51. The first-order chi connectivity index (χ1) is 12.6. The van der Waals surface area contributed by atoms with Crippen molar-refractivity contribution in [3.05, 3.63) is 42.5 Å². The highest BCUT2D eigenvalue weighted by atomic mass is 16.5. The molecule has 1 amide bonds. The predicted molar refractivity (Wildman–Crippen MR) is 94.3 cm³/mol. The number of carbonyl (C=O) groups is 1. The number of amides is 1. The van der Waals surface area contributed by atoms with Crippen molar-refractivity contribution in [2.75, 3.05) is 7.11 Å². The topological polar surface area (TPSA) is 89.3 Å². The zero-order valence-electron chi connectivity index (χ0n) is 14.8. The molecule has 0 aliphatic heterocycles. The Morgan fingerprint density at radius 1 is 1.46 bits per heavy atom. The van der Waals surface area contributed by atoms with Gasteiger partial charge in [0.15, 0.2) is 0 Å². The van der Waals surface area contributed by atoms with Crippen molar-refractivity contribution < 1.29 is 14.6 Å². The second-order valence-electron chi connectivity index (χ2n) is 7.48. The summed E-state index contributed by atoms with van der Waals surface area (Å²) in [5, 5.41) is 17.2. The van der Waals surface area contributed by atoms with Crippen LogP contribution in [-0.2, 0) is 11.3 Å². The summed E-state index contributed by atoms with van der Waals surface area (Å²) < 4.78 is 7.10. The van der Waals surface area contributed by atoms with Crippen molar-refractivity contribution in [3.8, 4) is 5.75 Å². The maximum Gasteiger partial charge on any atom is 0.228 e. The molecule has 2 aliphatic carbocycles. The molecule has 138 valence electrons. The first-order valence-electron chi connectivity index (χ1n) is 9.05. The zero-order chi connectivity index (χ0) is 18.1. The van der Waals surface area contributed by atoms with E-state index in [0.717, 1.165) is 18.4 Å². The number of methoxy groups -OCH3 is 1. The van der Waals surface area contributed by atoms with Crippen LogP contribution in [-0.4, -0.2) is 39.0 Å². The van der Waals surface area contributed by atoms with Crippen molar-refractivity contribution in [2.24, 2.45) is 11.3 Å². The molecule has 2 fully saturated rings. The molecular weight excluding hydrogens is 332 g/mol. The molecule has 0 bridgehead atoms. The maximum atomic E-state index is 13.1. The van der Waals surface area contributed by atoms with Crippen LogP contribution in [0.3, 0.4) is 0 Å². The van der Waals surface area contributed by atoms with E-state index in [1.165, 1.54) is 0 Å². The Hall–Kier alpha value is -2.41. The first-order valence-corrected chi connectivity index (χ1v) is 9.05. The van der Waals surface area contributed by atoms with E-state index in [1.807, 2.05) is 23.0 Å². The minimum absolute atomic E-state index is 0.0576. The van der Waals surface area contributed by atoms with Gasteiger partial charge in [-0.05, 0) is 49.3 Å². The van der Waals surface area contributed by atoms with Gasteiger partial charge < -0.3 is 15.2 Å². The fraction of sp³-hybridized carbons (Fsp3) is 0.526. The smallest absolute Gasteiger partial charge is 0.228 e. The summed E-state index contributed by atoms with van der Waals surface area (Å²) in [6, 6.07) is 3.62. The summed E-state index contributed by atoms with van der Waals surface area (Å²) in [5.74, 6) is 0.935. The molecule has 2 saturated carbocycles. The lowest BCUT2D eigenvalue weighted by molar-refractivity contribution is -0.129. The van der Waals surface area contributed by atoms with Gasteiger partial charge in [0.1, 0.15) is 5.75 Å². The number of nitrogens with zero attached hydrogens (tertiary/aromatic N) is 3. The molecule has 2 N–H and O–H groups in total. The van der Waals surface area contributed by atoms with Crippen LogP contribution in [0.4, 0.5) is 0 Å². The molecule has 0 spiro atoms. The van der Waals surface area contributed by atoms with E-state index < -0.39 is 0 Å². The molecule has 4 rings (SSSR count). The molecule has 2 aromatic rings. The van der Waals surface area contributed by atoms with Crippen molar-refractivity contribution in [2.45, 2.75) is 44.4 Å². The van der Waals surface area contributed by atoms with Crippen molar-refractivity contribution >= 4 is 5.91 Å². The minimum atomic E-state index is -0.376. The van der Waals surface area contributed by atoms with E-state index >= 15 is 0 Å². The van der Waals surface area contributed by atoms with Crippen molar-refractivity contribution in [1.29, 1.82) is 0 Å². The molecule has 0 saturated heterocycles. The molecule has 2 heterocycles. The van der Waals surface area contributed by atoms with E-state index in [9.17, 15) is 9.90 Å². The third-order valence-electron chi connectivity index (χ3n) is 5.60. The molecule has 7 heteroatoms. The summed E-state index contributed by atoms with van der Waals surface area (Å²) in [6.07, 6.45) is 9.88. The molecule has 0 radical (unpaired) electrons. The monoisotopic (exact) mass is 356 g/mol. The minimum Gasteiger partial charge on any atom is -0.495 e. The van der Waals surface area contributed by atoms with Gasteiger partial charge in [-0.25, -0.2) is 0 Å². The third-order valence-corrected chi connectivity index (χ3v) is 5.60. The zero-order valence-corrected chi connectivity index (χ0v) is 14.8. The number of aliphatic hydroxyl groups is 1. The highest BCUT2D eigenvalue weighted by Crippen LogP contribution is 2.48. The van der Waals surface area contributed by atoms with Gasteiger partial charge in [-0.15, -0.1) is 0 Å². The van der Waals surface area contributed by atoms with Crippen LogP contribution in [0.5, 0.6) is 5.75 Å². The maximum absolute atomic E-state index is 13.1. The van der Waals surface area contributed by atoms with Crippen LogP contribution in [0.25, 0.3) is 0 Å². The summed E-state index contributed by atoms with van der Waals surface area (Å²) in [5.41, 5.74) is 0.545. The quantitative estimate of drug-likeness (QED) is 0.788. The molecule has 2 aliphatic rings. The molecular formula is C19H24N4O3. The van der Waals surface area contributed by atoms with E-state index in [1.54, 1.807) is 25.7 Å². The lowest BCUT2D eigenvalue weighted by Crippen LogP contribution is -2.44. The number of hydrogen-bond donors (Lipinski definition) is 2.